The Balaban J connectivity index is 2.16. The highest BCUT2D eigenvalue weighted by atomic mass is 16.5. The molecule has 2 rings (SSSR count). The highest BCUT2D eigenvalue weighted by Gasteiger charge is 2.08. The van der Waals surface area contributed by atoms with Crippen LogP contribution in [0.4, 0.5) is 0 Å². The molecule has 21 heavy (non-hydrogen) atoms. The molecule has 0 saturated heterocycles. The standard InChI is InChI=1S/C18H26N2O/c1-4-20(5-2)12-13-21-18-11-10-15-8-6-7-9-16(15)17(18)14-19-3/h6-11,19H,4-5,12-14H2,1-3H3. The molecule has 114 valence electrons. The van der Waals surface area contributed by atoms with Gasteiger partial charge in [-0.05, 0) is 37.0 Å². The first kappa shape index (κ1) is 15.8. The molecule has 0 saturated carbocycles. The summed E-state index contributed by atoms with van der Waals surface area (Å²) < 4.78 is 6.05. The molecule has 0 radical (unpaired) electrons. The second kappa shape index (κ2) is 8.01. The summed E-state index contributed by atoms with van der Waals surface area (Å²) in [5.74, 6) is 0.996. The van der Waals surface area contributed by atoms with Gasteiger partial charge in [-0.2, -0.15) is 0 Å². The third kappa shape index (κ3) is 3.96. The van der Waals surface area contributed by atoms with Gasteiger partial charge < -0.3 is 15.0 Å². The summed E-state index contributed by atoms with van der Waals surface area (Å²) in [6.45, 7) is 9.04. The van der Waals surface area contributed by atoms with Gasteiger partial charge in [-0.1, -0.05) is 44.2 Å². The lowest BCUT2D eigenvalue weighted by atomic mass is 10.0. The van der Waals surface area contributed by atoms with Gasteiger partial charge >= 0.3 is 0 Å². The molecule has 0 fully saturated rings. The van der Waals surface area contributed by atoms with E-state index in [-0.39, 0.29) is 0 Å². The number of nitrogens with one attached hydrogen (secondary N) is 1. The molecule has 0 bridgehead atoms. The fourth-order valence-corrected chi connectivity index (χ4v) is 2.63. The molecule has 0 spiro atoms. The number of ether oxygens (including phenoxy) is 1. The van der Waals surface area contributed by atoms with Crippen LogP contribution in [0.15, 0.2) is 36.4 Å². The van der Waals surface area contributed by atoms with Crippen molar-refractivity contribution in [3.63, 3.8) is 0 Å². The first-order valence-electron chi connectivity index (χ1n) is 7.80. The van der Waals surface area contributed by atoms with Gasteiger partial charge in [0.1, 0.15) is 12.4 Å². The van der Waals surface area contributed by atoms with Gasteiger partial charge in [0.05, 0.1) is 0 Å². The van der Waals surface area contributed by atoms with Crippen LogP contribution < -0.4 is 10.1 Å². The maximum Gasteiger partial charge on any atom is 0.124 e. The predicted octanol–water partition coefficient (Wildman–Crippen LogP) is 3.28. The fraction of sp³-hybridized carbons (Fsp3) is 0.444. The Kier molecular flexibility index (Phi) is 6.03. The molecule has 1 N–H and O–H groups in total. The zero-order valence-corrected chi connectivity index (χ0v) is 13.4. The van der Waals surface area contributed by atoms with Gasteiger partial charge in [-0.25, -0.2) is 0 Å². The van der Waals surface area contributed by atoms with Crippen molar-refractivity contribution in [2.24, 2.45) is 0 Å². The first-order valence-corrected chi connectivity index (χ1v) is 7.80. The van der Waals surface area contributed by atoms with Crippen molar-refractivity contribution >= 4 is 10.8 Å². The van der Waals surface area contributed by atoms with Crippen LogP contribution in [0.1, 0.15) is 19.4 Å². The average molecular weight is 286 g/mol. The Labute approximate surface area is 127 Å². The van der Waals surface area contributed by atoms with Crippen molar-refractivity contribution in [1.29, 1.82) is 0 Å². The van der Waals surface area contributed by atoms with E-state index in [0.717, 1.165) is 38.5 Å². The number of hydrogen-bond donors (Lipinski definition) is 1. The van der Waals surface area contributed by atoms with Crippen LogP contribution in [0.25, 0.3) is 10.8 Å². The van der Waals surface area contributed by atoms with E-state index in [1.54, 1.807) is 0 Å². The molecule has 0 aliphatic carbocycles. The minimum absolute atomic E-state index is 0.733. The number of nitrogens with zero attached hydrogens (tertiary/aromatic N) is 1. The summed E-state index contributed by atoms with van der Waals surface area (Å²) in [7, 11) is 1.97. The molecular formula is C18H26N2O. The Morgan fingerprint density at radius 3 is 2.52 bits per heavy atom. The summed E-state index contributed by atoms with van der Waals surface area (Å²) in [4.78, 5) is 2.37. The maximum atomic E-state index is 6.05. The van der Waals surface area contributed by atoms with Gasteiger partial charge in [-0.15, -0.1) is 0 Å². The van der Waals surface area contributed by atoms with Gasteiger partial charge in [0, 0.05) is 18.7 Å². The maximum absolute atomic E-state index is 6.05. The number of fused-ring (bicyclic) bond motifs is 1. The fourth-order valence-electron chi connectivity index (χ4n) is 2.63. The van der Waals surface area contributed by atoms with Crippen LogP contribution in [0, 0.1) is 0 Å². The lowest BCUT2D eigenvalue weighted by Crippen LogP contribution is -2.28. The molecule has 0 aliphatic heterocycles. The molecule has 0 heterocycles. The molecule has 0 amide bonds. The lowest BCUT2D eigenvalue weighted by Gasteiger charge is -2.19. The first-order chi connectivity index (χ1) is 10.3. The zero-order chi connectivity index (χ0) is 15.1. The van der Waals surface area contributed by atoms with Crippen LogP contribution in [0.3, 0.4) is 0 Å². The van der Waals surface area contributed by atoms with Gasteiger partial charge in [0.25, 0.3) is 0 Å². The van der Waals surface area contributed by atoms with Gasteiger partial charge in [0.15, 0.2) is 0 Å². The van der Waals surface area contributed by atoms with Crippen molar-refractivity contribution in [3.8, 4) is 5.75 Å². The van der Waals surface area contributed by atoms with E-state index in [1.165, 1.54) is 16.3 Å². The zero-order valence-electron chi connectivity index (χ0n) is 13.4. The highest BCUT2D eigenvalue weighted by molar-refractivity contribution is 5.87. The Hall–Kier alpha value is -1.58. The number of likely N-dealkylation sites (N-methyl/N-ethyl adjacent to an activating group) is 1. The summed E-state index contributed by atoms with van der Waals surface area (Å²) in [5, 5.41) is 5.78. The van der Waals surface area contributed by atoms with Gasteiger partial charge in [-0.3, -0.25) is 0 Å². The monoisotopic (exact) mass is 286 g/mol. The van der Waals surface area contributed by atoms with Gasteiger partial charge in [0.2, 0.25) is 0 Å². The molecule has 2 aromatic carbocycles. The SMILES string of the molecule is CCN(CC)CCOc1ccc2ccccc2c1CNC. The topological polar surface area (TPSA) is 24.5 Å². The third-order valence-corrected chi connectivity index (χ3v) is 3.91. The van der Waals surface area contributed by atoms with E-state index in [0.29, 0.717) is 0 Å². The molecule has 3 heteroatoms. The summed E-state index contributed by atoms with van der Waals surface area (Å²) >= 11 is 0. The van der Waals surface area contributed by atoms with Crippen molar-refractivity contribution < 1.29 is 4.74 Å². The highest BCUT2D eigenvalue weighted by Crippen LogP contribution is 2.28. The Morgan fingerprint density at radius 2 is 1.81 bits per heavy atom. The lowest BCUT2D eigenvalue weighted by molar-refractivity contribution is 0.221. The smallest absolute Gasteiger partial charge is 0.124 e. The summed E-state index contributed by atoms with van der Waals surface area (Å²) in [6.07, 6.45) is 0. The Morgan fingerprint density at radius 1 is 1.05 bits per heavy atom. The van der Waals surface area contributed by atoms with Crippen LogP contribution >= 0.6 is 0 Å². The van der Waals surface area contributed by atoms with Crippen LogP contribution in [0.5, 0.6) is 5.75 Å². The van der Waals surface area contributed by atoms with E-state index in [4.69, 9.17) is 4.74 Å². The van der Waals surface area contributed by atoms with Crippen molar-refractivity contribution in [1.82, 2.24) is 10.2 Å². The van der Waals surface area contributed by atoms with E-state index >= 15 is 0 Å². The third-order valence-electron chi connectivity index (χ3n) is 3.91. The minimum Gasteiger partial charge on any atom is -0.492 e. The molecule has 0 aliphatic rings. The van der Waals surface area contributed by atoms with E-state index in [1.807, 2.05) is 7.05 Å². The van der Waals surface area contributed by atoms with E-state index in [2.05, 4.69) is 60.5 Å². The molecule has 3 nitrogen and oxygen atoms in total. The molecular weight excluding hydrogens is 260 g/mol. The number of rotatable bonds is 8. The van der Waals surface area contributed by atoms with Crippen molar-refractivity contribution in [3.05, 3.63) is 42.0 Å². The Bertz CT molecular complexity index is 564. The van der Waals surface area contributed by atoms with Crippen molar-refractivity contribution in [2.75, 3.05) is 33.3 Å². The summed E-state index contributed by atoms with van der Waals surface area (Å²) in [5.41, 5.74) is 1.25. The quantitative estimate of drug-likeness (QED) is 0.806. The van der Waals surface area contributed by atoms with Crippen LogP contribution in [-0.4, -0.2) is 38.2 Å². The summed E-state index contributed by atoms with van der Waals surface area (Å²) in [6, 6.07) is 12.7. The normalized spacial score (nSPS) is 11.2. The minimum atomic E-state index is 0.733. The second-order valence-corrected chi connectivity index (χ2v) is 5.17. The largest absolute Gasteiger partial charge is 0.492 e. The molecule has 0 unspecified atom stereocenters. The van der Waals surface area contributed by atoms with E-state index in [9.17, 15) is 0 Å². The number of hydrogen-bond acceptors (Lipinski definition) is 3. The molecule has 0 atom stereocenters. The van der Waals surface area contributed by atoms with Crippen LogP contribution in [-0.2, 0) is 6.54 Å². The average Bonchev–Trinajstić information content (AvgIpc) is 2.53. The van der Waals surface area contributed by atoms with Crippen molar-refractivity contribution in [2.45, 2.75) is 20.4 Å². The predicted molar refractivity (Wildman–Crippen MR) is 90.0 cm³/mol. The van der Waals surface area contributed by atoms with Crippen LogP contribution in [0.2, 0.25) is 0 Å². The number of benzene rings is 2. The molecule has 2 aromatic rings. The molecule has 0 aromatic heterocycles. The second-order valence-electron chi connectivity index (χ2n) is 5.17. The van der Waals surface area contributed by atoms with E-state index < -0.39 is 0 Å².